The molecule has 0 aliphatic rings. The maximum absolute atomic E-state index is 11.8. The molecule has 0 aliphatic heterocycles. The van der Waals surface area contributed by atoms with Crippen molar-refractivity contribution >= 4 is 5.97 Å². The number of aromatic carboxylic acids is 1. The van der Waals surface area contributed by atoms with Gasteiger partial charge in [-0.2, -0.15) is 0 Å². The van der Waals surface area contributed by atoms with Crippen LogP contribution in [0.1, 0.15) is 93.0 Å². The molecule has 0 atom stereocenters. The summed E-state index contributed by atoms with van der Waals surface area (Å²) in [7, 11) is 0. The fraction of sp³-hybridized carbons (Fsp3) is 0.250. The summed E-state index contributed by atoms with van der Waals surface area (Å²) in [5, 5.41) is 35.7. The summed E-state index contributed by atoms with van der Waals surface area (Å²) in [6, 6.07) is 50.3. The average Bonchev–Trinajstić information content (AvgIpc) is 1.17. The Hall–Kier alpha value is -11.0. The highest BCUT2D eigenvalue weighted by Crippen LogP contribution is 2.40. The molecule has 0 bridgehead atoms. The number of nitrogens with zero attached hydrogens (tertiary/aromatic N) is 13. The first-order valence-corrected chi connectivity index (χ1v) is 32.4. The van der Waals surface area contributed by atoms with E-state index in [1.165, 1.54) is 0 Å². The van der Waals surface area contributed by atoms with Crippen LogP contribution >= 0.6 is 0 Å². The van der Waals surface area contributed by atoms with Gasteiger partial charge in [0.1, 0.15) is 34.3 Å². The van der Waals surface area contributed by atoms with Gasteiger partial charge in [0.2, 0.25) is 0 Å². The third kappa shape index (κ3) is 16.7. The SMILES string of the molecule is Cc1cc(-c2ccc(-c3ccc(-c4ccc(-c5ccc(C(=O)O)cc5)c(OCCCCCCn5cc(-c6cccnc6)nn5)c4)nc3)c(OCCCCCCn3cc(-c4cccnc4)nn3)c2)ccc1-c1ccccc1OCCCCCCn1cc(-c2cccnc2)nn1. The van der Waals surface area contributed by atoms with Crippen molar-refractivity contribution in [1.29, 1.82) is 0 Å². The number of para-hydroxylation sites is 1. The fourth-order valence-corrected chi connectivity index (χ4v) is 11.5. The second-order valence-corrected chi connectivity index (χ2v) is 23.4. The number of rotatable bonds is 33. The molecule has 0 aliphatic carbocycles. The van der Waals surface area contributed by atoms with E-state index in [1.807, 2.05) is 124 Å². The van der Waals surface area contributed by atoms with Gasteiger partial charge in [0.15, 0.2) is 0 Å². The lowest BCUT2D eigenvalue weighted by Gasteiger charge is -2.16. The smallest absolute Gasteiger partial charge is 0.335 e. The molecule has 12 rings (SSSR count). The minimum Gasteiger partial charge on any atom is -0.493 e. The number of carboxylic acids is 1. The Morgan fingerprint density at radius 2 is 0.809 bits per heavy atom. The maximum Gasteiger partial charge on any atom is 0.335 e. The van der Waals surface area contributed by atoms with Crippen molar-refractivity contribution in [3.05, 3.63) is 225 Å². The average molecular weight is 1250 g/mol. The highest BCUT2D eigenvalue weighted by molar-refractivity contribution is 5.89. The number of aromatic nitrogens is 13. The van der Waals surface area contributed by atoms with Gasteiger partial charge in [-0.25, -0.2) is 4.79 Å². The van der Waals surface area contributed by atoms with Crippen molar-refractivity contribution < 1.29 is 24.1 Å². The summed E-state index contributed by atoms with van der Waals surface area (Å²) in [4.78, 5) is 29.5. The Labute approximate surface area is 547 Å². The van der Waals surface area contributed by atoms with Gasteiger partial charge in [-0.3, -0.25) is 34.0 Å². The molecule has 474 valence electrons. The normalized spacial score (nSPS) is 11.2. The van der Waals surface area contributed by atoms with Crippen molar-refractivity contribution in [3.63, 3.8) is 0 Å². The second-order valence-electron chi connectivity index (χ2n) is 23.4. The van der Waals surface area contributed by atoms with Crippen molar-refractivity contribution in [2.75, 3.05) is 19.8 Å². The van der Waals surface area contributed by atoms with Gasteiger partial charge in [-0.05, 0) is 177 Å². The quantitative estimate of drug-likeness (QED) is 0.0379. The minimum atomic E-state index is -0.972. The van der Waals surface area contributed by atoms with Crippen LogP contribution in [0.3, 0.4) is 0 Å². The van der Waals surface area contributed by atoms with Gasteiger partial charge >= 0.3 is 5.97 Å². The van der Waals surface area contributed by atoms with Crippen molar-refractivity contribution in [2.45, 2.75) is 104 Å². The first-order chi connectivity index (χ1) is 46.3. The summed E-state index contributed by atoms with van der Waals surface area (Å²) in [6.07, 6.45) is 30.3. The van der Waals surface area contributed by atoms with Gasteiger partial charge < -0.3 is 19.3 Å². The van der Waals surface area contributed by atoms with Crippen molar-refractivity contribution in [1.82, 2.24) is 64.9 Å². The molecule has 0 fully saturated rings. The molecular formula is C76H75N13O5. The van der Waals surface area contributed by atoms with Gasteiger partial charge in [0.05, 0.1) is 49.7 Å². The number of pyridine rings is 4. The van der Waals surface area contributed by atoms with Crippen molar-refractivity contribution in [3.8, 4) is 107 Å². The van der Waals surface area contributed by atoms with Crippen LogP contribution in [0.4, 0.5) is 0 Å². The first-order valence-electron chi connectivity index (χ1n) is 32.4. The molecule has 7 heterocycles. The molecule has 0 spiro atoms. The van der Waals surface area contributed by atoms with E-state index in [-0.39, 0.29) is 5.56 Å². The van der Waals surface area contributed by atoms with E-state index in [2.05, 4.69) is 113 Å². The molecule has 7 aromatic heterocycles. The summed E-state index contributed by atoms with van der Waals surface area (Å²) >= 11 is 0. The van der Waals surface area contributed by atoms with Crippen LogP contribution in [-0.2, 0) is 19.6 Å². The number of carboxylic acid groups (broad SMARTS) is 1. The molecule has 5 aromatic carbocycles. The van der Waals surface area contributed by atoms with E-state index in [0.29, 0.717) is 25.6 Å². The fourth-order valence-electron chi connectivity index (χ4n) is 11.5. The van der Waals surface area contributed by atoms with Gasteiger partial charge in [-0.1, -0.05) is 102 Å². The maximum atomic E-state index is 11.8. The van der Waals surface area contributed by atoms with E-state index in [1.54, 1.807) is 43.1 Å². The highest BCUT2D eigenvalue weighted by atomic mass is 16.5. The largest absolute Gasteiger partial charge is 0.493 e. The summed E-state index contributed by atoms with van der Waals surface area (Å²) < 4.78 is 25.6. The number of aryl methyl sites for hydroxylation is 4. The molecule has 18 heteroatoms. The number of benzene rings is 5. The molecule has 18 nitrogen and oxygen atoms in total. The van der Waals surface area contributed by atoms with E-state index in [0.717, 1.165) is 203 Å². The summed E-state index contributed by atoms with van der Waals surface area (Å²) in [6.45, 7) is 6.24. The van der Waals surface area contributed by atoms with E-state index in [4.69, 9.17) is 19.2 Å². The van der Waals surface area contributed by atoms with Crippen LogP contribution in [0.25, 0.3) is 89.5 Å². The zero-order valence-electron chi connectivity index (χ0n) is 52.8. The number of hydrogen-bond acceptors (Lipinski definition) is 14. The molecule has 12 aromatic rings. The lowest BCUT2D eigenvalue weighted by Crippen LogP contribution is -2.02. The standard InChI is InChI=1S/C76H75N13O5/c1-55-45-58(28-32-65(55)68-22-8-9-23-73(68)92-42-13-5-2-10-39-87-52-70(81-84-87)62-19-16-36-77-48-62)59-29-33-67(74(46-59)93-43-14-6-3-11-40-88-53-71(82-85-88)63-20-17-37-78-49-63)61-31-35-69(80-51-61)60-30-34-66(56-24-26-57(27-25-56)76(90)91)75(47-60)94-44-15-7-4-12-41-89-54-72(83-86-89)64-21-18-38-79-50-64/h8-9,16-38,45-54H,2-7,10-15,39-44H2,1H3,(H,90,91). The van der Waals surface area contributed by atoms with Crippen molar-refractivity contribution in [2.24, 2.45) is 0 Å². The third-order valence-electron chi connectivity index (χ3n) is 16.6. The van der Waals surface area contributed by atoms with Crippen LogP contribution < -0.4 is 14.2 Å². The van der Waals surface area contributed by atoms with Gasteiger partial charge in [0, 0.05) is 108 Å². The zero-order chi connectivity index (χ0) is 64.1. The Morgan fingerprint density at radius 1 is 0.372 bits per heavy atom. The topological polar surface area (TPSA) is 209 Å². The van der Waals surface area contributed by atoms with Crippen LogP contribution in [0.5, 0.6) is 17.2 Å². The molecule has 0 saturated carbocycles. The van der Waals surface area contributed by atoms with Gasteiger partial charge in [0.25, 0.3) is 0 Å². The van der Waals surface area contributed by atoms with Crippen LogP contribution in [0.15, 0.2) is 214 Å². The van der Waals surface area contributed by atoms with E-state index >= 15 is 0 Å². The highest BCUT2D eigenvalue weighted by Gasteiger charge is 2.17. The number of hydrogen-bond donors (Lipinski definition) is 1. The Bertz CT molecular complexity index is 4370. The van der Waals surface area contributed by atoms with Crippen LogP contribution in [0, 0.1) is 6.92 Å². The molecule has 94 heavy (non-hydrogen) atoms. The predicted octanol–water partition coefficient (Wildman–Crippen LogP) is 16.3. The lowest BCUT2D eigenvalue weighted by molar-refractivity contribution is 0.0696. The Morgan fingerprint density at radius 3 is 1.29 bits per heavy atom. The van der Waals surface area contributed by atoms with Crippen LogP contribution in [-0.4, -0.2) is 95.8 Å². The molecule has 0 amide bonds. The lowest BCUT2D eigenvalue weighted by atomic mass is 9.94. The monoisotopic (exact) mass is 1250 g/mol. The summed E-state index contributed by atoms with van der Waals surface area (Å²) in [5.41, 5.74) is 16.3. The Balaban J connectivity index is 0.706. The van der Waals surface area contributed by atoms with E-state index < -0.39 is 5.97 Å². The van der Waals surface area contributed by atoms with Gasteiger partial charge in [-0.15, -0.1) is 15.3 Å². The first kappa shape index (κ1) is 63.2. The minimum absolute atomic E-state index is 0.224. The third-order valence-corrected chi connectivity index (χ3v) is 16.6. The molecular weight excluding hydrogens is 1170 g/mol. The molecule has 0 unspecified atom stereocenters. The Kier molecular flexibility index (Phi) is 21.4. The molecule has 0 saturated heterocycles. The molecule has 1 N–H and O–H groups in total. The second kappa shape index (κ2) is 31.8. The predicted molar refractivity (Wildman–Crippen MR) is 365 cm³/mol. The number of ether oxygens (including phenoxy) is 3. The molecule has 0 radical (unpaired) electrons. The number of carbonyl (C=O) groups is 1. The zero-order valence-corrected chi connectivity index (χ0v) is 52.8. The van der Waals surface area contributed by atoms with E-state index in [9.17, 15) is 9.90 Å². The van der Waals surface area contributed by atoms with Crippen LogP contribution in [0.2, 0.25) is 0 Å². The summed E-state index contributed by atoms with van der Waals surface area (Å²) in [5.74, 6) is 1.39. The number of unbranched alkanes of at least 4 members (excludes halogenated alkanes) is 9.